The van der Waals surface area contributed by atoms with Crippen molar-refractivity contribution in [3.05, 3.63) is 23.4 Å². The maximum absolute atomic E-state index is 12.0. The van der Waals surface area contributed by atoms with Crippen LogP contribution in [0.1, 0.15) is 35.3 Å². The highest BCUT2D eigenvalue weighted by atomic mass is 16.2. The molecule has 108 valence electrons. The molecular weight excluding hydrogens is 256 g/mol. The van der Waals surface area contributed by atoms with Gasteiger partial charge in [-0.1, -0.05) is 0 Å². The number of hydrogen-bond donors (Lipinski definition) is 3. The monoisotopic (exact) mass is 276 g/mol. The topological polar surface area (TPSA) is 83.1 Å². The number of hydrogen-bond acceptors (Lipinski definition) is 4. The molecule has 0 aliphatic heterocycles. The Hall–Kier alpha value is -2.11. The summed E-state index contributed by atoms with van der Waals surface area (Å²) < 4.78 is 0. The van der Waals surface area contributed by atoms with Crippen LogP contribution in [0.25, 0.3) is 0 Å². The SMILES string of the molecule is CNc1cc(C(=O)NCCC(=O)NC2CC2)cc(C)n1. The number of carbonyl (C=O) groups is 2. The van der Waals surface area contributed by atoms with Crippen molar-refractivity contribution in [3.63, 3.8) is 0 Å². The second kappa shape index (κ2) is 6.36. The van der Waals surface area contributed by atoms with E-state index in [2.05, 4.69) is 20.9 Å². The summed E-state index contributed by atoms with van der Waals surface area (Å²) >= 11 is 0. The summed E-state index contributed by atoms with van der Waals surface area (Å²) in [5, 5.41) is 8.54. The van der Waals surface area contributed by atoms with Crippen molar-refractivity contribution in [2.75, 3.05) is 18.9 Å². The van der Waals surface area contributed by atoms with Gasteiger partial charge in [0.05, 0.1) is 0 Å². The second-order valence-corrected chi connectivity index (χ2v) is 4.98. The predicted octanol–water partition coefficient (Wildman–Crippen LogP) is 0.830. The van der Waals surface area contributed by atoms with Gasteiger partial charge in [0, 0.05) is 37.3 Å². The number of pyridine rings is 1. The molecule has 2 amide bonds. The third kappa shape index (κ3) is 4.22. The lowest BCUT2D eigenvalue weighted by atomic mass is 10.2. The van der Waals surface area contributed by atoms with Gasteiger partial charge in [0.25, 0.3) is 5.91 Å². The molecule has 1 fully saturated rings. The lowest BCUT2D eigenvalue weighted by Crippen LogP contribution is -2.31. The molecule has 0 radical (unpaired) electrons. The lowest BCUT2D eigenvalue weighted by molar-refractivity contribution is -0.121. The standard InChI is InChI=1S/C14H20N4O2/c1-9-7-10(8-12(15-2)17-9)14(20)16-6-5-13(19)18-11-3-4-11/h7-8,11H,3-6H2,1-2H3,(H,15,17)(H,16,20)(H,18,19). The van der Waals surface area contributed by atoms with Crippen LogP contribution in [0.5, 0.6) is 0 Å². The molecule has 1 aliphatic carbocycles. The normalized spacial score (nSPS) is 13.7. The van der Waals surface area contributed by atoms with Gasteiger partial charge in [-0.2, -0.15) is 0 Å². The van der Waals surface area contributed by atoms with E-state index < -0.39 is 0 Å². The fourth-order valence-electron chi connectivity index (χ4n) is 1.85. The van der Waals surface area contributed by atoms with Crippen LogP contribution in [0.15, 0.2) is 12.1 Å². The lowest BCUT2D eigenvalue weighted by Gasteiger charge is -2.08. The third-order valence-electron chi connectivity index (χ3n) is 3.05. The number of anilines is 1. The summed E-state index contributed by atoms with van der Waals surface area (Å²) in [5.74, 6) is 0.461. The molecule has 0 bridgehead atoms. The van der Waals surface area contributed by atoms with Gasteiger partial charge in [-0.3, -0.25) is 9.59 Å². The highest BCUT2D eigenvalue weighted by Crippen LogP contribution is 2.18. The quantitative estimate of drug-likeness (QED) is 0.718. The first-order valence-electron chi connectivity index (χ1n) is 6.82. The number of nitrogens with zero attached hydrogens (tertiary/aromatic N) is 1. The van der Waals surface area contributed by atoms with Crippen molar-refractivity contribution < 1.29 is 9.59 Å². The molecule has 0 unspecified atom stereocenters. The Morgan fingerprint density at radius 3 is 2.75 bits per heavy atom. The Morgan fingerprint density at radius 2 is 2.10 bits per heavy atom. The molecule has 0 aromatic carbocycles. The third-order valence-corrected chi connectivity index (χ3v) is 3.05. The van der Waals surface area contributed by atoms with Gasteiger partial charge >= 0.3 is 0 Å². The minimum absolute atomic E-state index is 0.00498. The van der Waals surface area contributed by atoms with Crippen LogP contribution in [0.2, 0.25) is 0 Å². The van der Waals surface area contributed by atoms with E-state index in [0.29, 0.717) is 30.4 Å². The zero-order valence-electron chi connectivity index (χ0n) is 11.8. The van der Waals surface area contributed by atoms with Crippen molar-refractivity contribution >= 4 is 17.6 Å². The van der Waals surface area contributed by atoms with E-state index in [-0.39, 0.29) is 11.8 Å². The minimum Gasteiger partial charge on any atom is -0.373 e. The summed E-state index contributed by atoms with van der Waals surface area (Å²) in [6, 6.07) is 3.77. The van der Waals surface area contributed by atoms with Crippen LogP contribution in [0.4, 0.5) is 5.82 Å². The molecule has 0 atom stereocenters. The maximum Gasteiger partial charge on any atom is 0.251 e. The highest BCUT2D eigenvalue weighted by molar-refractivity contribution is 5.95. The molecule has 2 rings (SSSR count). The van der Waals surface area contributed by atoms with Crippen molar-refractivity contribution in [2.45, 2.75) is 32.2 Å². The first-order chi connectivity index (χ1) is 9.58. The van der Waals surface area contributed by atoms with E-state index in [1.807, 2.05) is 6.92 Å². The molecule has 1 aromatic heterocycles. The van der Waals surface area contributed by atoms with E-state index in [0.717, 1.165) is 18.5 Å². The summed E-state index contributed by atoms with van der Waals surface area (Å²) in [7, 11) is 1.76. The second-order valence-electron chi connectivity index (χ2n) is 4.98. The molecule has 1 aliphatic rings. The Balaban J connectivity index is 1.81. The van der Waals surface area contributed by atoms with Crippen LogP contribution in [-0.2, 0) is 4.79 Å². The molecule has 0 spiro atoms. The molecule has 1 aromatic rings. The van der Waals surface area contributed by atoms with Crippen LogP contribution in [0, 0.1) is 6.92 Å². The first kappa shape index (κ1) is 14.3. The smallest absolute Gasteiger partial charge is 0.251 e. The fraction of sp³-hybridized carbons (Fsp3) is 0.500. The van der Waals surface area contributed by atoms with Gasteiger partial charge in [0.2, 0.25) is 5.91 Å². The number of rotatable bonds is 6. The van der Waals surface area contributed by atoms with Gasteiger partial charge in [0.1, 0.15) is 5.82 Å². The average molecular weight is 276 g/mol. The predicted molar refractivity (Wildman–Crippen MR) is 76.6 cm³/mol. The zero-order chi connectivity index (χ0) is 14.5. The highest BCUT2D eigenvalue weighted by Gasteiger charge is 2.22. The average Bonchev–Trinajstić information content (AvgIpc) is 3.21. The zero-order valence-corrected chi connectivity index (χ0v) is 11.8. The Labute approximate surface area is 118 Å². The molecular formula is C14H20N4O2. The minimum atomic E-state index is -0.189. The molecule has 20 heavy (non-hydrogen) atoms. The summed E-state index contributed by atoms with van der Waals surface area (Å²) in [6.07, 6.45) is 2.45. The van der Waals surface area contributed by atoms with E-state index in [9.17, 15) is 9.59 Å². The Morgan fingerprint density at radius 1 is 1.35 bits per heavy atom. The van der Waals surface area contributed by atoms with Gasteiger partial charge in [-0.05, 0) is 31.9 Å². The van der Waals surface area contributed by atoms with Crippen molar-refractivity contribution in [3.8, 4) is 0 Å². The Bertz CT molecular complexity index is 512. The van der Waals surface area contributed by atoms with Crippen molar-refractivity contribution in [2.24, 2.45) is 0 Å². The number of carbonyl (C=O) groups excluding carboxylic acids is 2. The van der Waals surface area contributed by atoms with E-state index in [1.54, 1.807) is 19.2 Å². The van der Waals surface area contributed by atoms with E-state index in [1.165, 1.54) is 0 Å². The number of aromatic nitrogens is 1. The van der Waals surface area contributed by atoms with E-state index >= 15 is 0 Å². The van der Waals surface area contributed by atoms with Gasteiger partial charge < -0.3 is 16.0 Å². The molecule has 6 nitrogen and oxygen atoms in total. The van der Waals surface area contributed by atoms with Crippen molar-refractivity contribution in [1.29, 1.82) is 0 Å². The van der Waals surface area contributed by atoms with Crippen LogP contribution in [-0.4, -0.2) is 36.4 Å². The fourth-order valence-corrected chi connectivity index (χ4v) is 1.85. The van der Waals surface area contributed by atoms with Crippen LogP contribution >= 0.6 is 0 Å². The summed E-state index contributed by atoms with van der Waals surface area (Å²) in [4.78, 5) is 27.7. The van der Waals surface area contributed by atoms with Crippen LogP contribution in [0.3, 0.4) is 0 Å². The van der Waals surface area contributed by atoms with Gasteiger partial charge in [0.15, 0.2) is 0 Å². The number of amides is 2. The van der Waals surface area contributed by atoms with Crippen LogP contribution < -0.4 is 16.0 Å². The largest absolute Gasteiger partial charge is 0.373 e. The first-order valence-corrected chi connectivity index (χ1v) is 6.82. The Kier molecular flexibility index (Phi) is 4.55. The maximum atomic E-state index is 12.0. The molecule has 1 heterocycles. The molecule has 1 saturated carbocycles. The van der Waals surface area contributed by atoms with Crippen molar-refractivity contribution in [1.82, 2.24) is 15.6 Å². The summed E-state index contributed by atoms with van der Waals surface area (Å²) in [6.45, 7) is 2.17. The molecule has 6 heteroatoms. The van der Waals surface area contributed by atoms with Gasteiger partial charge in [-0.15, -0.1) is 0 Å². The summed E-state index contributed by atoms with van der Waals surface area (Å²) in [5.41, 5.74) is 1.32. The molecule has 3 N–H and O–H groups in total. The molecule has 0 saturated heterocycles. The number of aryl methyl sites for hydroxylation is 1. The van der Waals surface area contributed by atoms with Gasteiger partial charge in [-0.25, -0.2) is 4.98 Å². The van der Waals surface area contributed by atoms with E-state index in [4.69, 9.17) is 0 Å². The number of nitrogens with one attached hydrogen (secondary N) is 3.